The Kier molecular flexibility index (Phi) is 5.72. The Balaban J connectivity index is 1.97. The van der Waals surface area contributed by atoms with E-state index < -0.39 is 17.7 Å². The van der Waals surface area contributed by atoms with Gasteiger partial charge in [-0.2, -0.15) is 0 Å². The number of anilines is 1. The molecule has 3 aromatic rings. The number of carbonyl (C=O) groups is 2. The lowest BCUT2D eigenvalue weighted by atomic mass is 9.94. The number of carbonyl (C=O) groups excluding carboxylic acids is 2. The van der Waals surface area contributed by atoms with Crippen LogP contribution < -0.4 is 9.64 Å². The zero-order valence-corrected chi connectivity index (χ0v) is 18.6. The molecular weight excluding hydrogens is 428 g/mol. The summed E-state index contributed by atoms with van der Waals surface area (Å²) in [5, 5.41) is 11.7. The van der Waals surface area contributed by atoms with Crippen molar-refractivity contribution in [2.45, 2.75) is 19.9 Å². The maximum Gasteiger partial charge on any atom is 0.300 e. The molecule has 1 saturated heterocycles. The molecule has 1 unspecified atom stereocenters. The number of ketones is 1. The van der Waals surface area contributed by atoms with Crippen LogP contribution >= 0.6 is 11.6 Å². The van der Waals surface area contributed by atoms with E-state index in [4.69, 9.17) is 16.3 Å². The van der Waals surface area contributed by atoms with Crippen LogP contribution in [0.5, 0.6) is 5.75 Å². The molecule has 1 amide bonds. The van der Waals surface area contributed by atoms with Gasteiger partial charge < -0.3 is 9.84 Å². The average molecular weight is 449 g/mol. The van der Waals surface area contributed by atoms with Gasteiger partial charge >= 0.3 is 0 Å². The largest absolute Gasteiger partial charge is 0.507 e. The average Bonchev–Trinajstić information content (AvgIpc) is 3.06. The lowest BCUT2D eigenvalue weighted by Gasteiger charge is -2.27. The zero-order valence-electron chi connectivity index (χ0n) is 17.8. The number of nitrogens with zero attached hydrogens (tertiary/aromatic N) is 2. The van der Waals surface area contributed by atoms with Gasteiger partial charge in [0.05, 0.1) is 18.7 Å². The molecular formula is C25H21ClN2O4. The summed E-state index contributed by atoms with van der Waals surface area (Å²) in [5.74, 6) is -1.11. The Morgan fingerprint density at radius 1 is 1.03 bits per heavy atom. The summed E-state index contributed by atoms with van der Waals surface area (Å²) in [6, 6.07) is 12.9. The molecule has 1 aromatic heterocycles. The predicted molar refractivity (Wildman–Crippen MR) is 123 cm³/mol. The number of aryl methyl sites for hydroxylation is 2. The molecule has 0 spiro atoms. The summed E-state index contributed by atoms with van der Waals surface area (Å²) in [7, 11) is 1.55. The van der Waals surface area contributed by atoms with Gasteiger partial charge in [-0.25, -0.2) is 0 Å². The number of methoxy groups -OCH3 is 1. The molecule has 1 atom stereocenters. The predicted octanol–water partition coefficient (Wildman–Crippen LogP) is 4.99. The molecule has 1 aliphatic heterocycles. The van der Waals surface area contributed by atoms with Crippen LogP contribution in [0.1, 0.15) is 28.3 Å². The maximum absolute atomic E-state index is 13.2. The number of halogens is 1. The summed E-state index contributed by atoms with van der Waals surface area (Å²) in [6.45, 7) is 3.64. The van der Waals surface area contributed by atoms with E-state index >= 15 is 0 Å². The fraction of sp³-hybridized carbons (Fsp3) is 0.160. The smallest absolute Gasteiger partial charge is 0.300 e. The quantitative estimate of drug-likeness (QED) is 0.345. The van der Waals surface area contributed by atoms with Gasteiger partial charge in [0.1, 0.15) is 11.5 Å². The van der Waals surface area contributed by atoms with E-state index in [-0.39, 0.29) is 11.3 Å². The van der Waals surface area contributed by atoms with Gasteiger partial charge in [-0.3, -0.25) is 19.5 Å². The minimum Gasteiger partial charge on any atom is -0.507 e. The molecule has 162 valence electrons. The number of benzene rings is 2. The van der Waals surface area contributed by atoms with Crippen molar-refractivity contribution in [3.8, 4) is 5.75 Å². The summed E-state index contributed by atoms with van der Waals surface area (Å²) < 4.78 is 5.24. The molecule has 0 radical (unpaired) electrons. The van der Waals surface area contributed by atoms with E-state index in [9.17, 15) is 14.7 Å². The Labute approximate surface area is 190 Å². The van der Waals surface area contributed by atoms with Crippen LogP contribution in [0.4, 0.5) is 5.69 Å². The molecule has 4 rings (SSSR count). The highest BCUT2D eigenvalue weighted by molar-refractivity contribution is 6.52. The summed E-state index contributed by atoms with van der Waals surface area (Å²) in [5.41, 5.74) is 3.09. The first-order valence-electron chi connectivity index (χ1n) is 9.95. The zero-order chi connectivity index (χ0) is 23.0. The van der Waals surface area contributed by atoms with E-state index in [0.717, 1.165) is 5.56 Å². The van der Waals surface area contributed by atoms with Crippen molar-refractivity contribution in [3.05, 3.63) is 93.8 Å². The molecule has 0 aliphatic carbocycles. The first kappa shape index (κ1) is 21.6. The van der Waals surface area contributed by atoms with Gasteiger partial charge in [0, 0.05) is 28.7 Å². The highest BCUT2D eigenvalue weighted by atomic mass is 35.5. The second-order valence-electron chi connectivity index (χ2n) is 7.56. The molecule has 1 aliphatic rings. The lowest BCUT2D eigenvalue weighted by Crippen LogP contribution is -2.30. The van der Waals surface area contributed by atoms with Crippen LogP contribution in [0.3, 0.4) is 0 Å². The molecule has 1 fully saturated rings. The van der Waals surface area contributed by atoms with Crippen molar-refractivity contribution < 1.29 is 19.4 Å². The van der Waals surface area contributed by atoms with E-state index in [1.807, 2.05) is 6.92 Å². The molecule has 1 N–H and O–H groups in total. The van der Waals surface area contributed by atoms with Crippen LogP contribution in [-0.2, 0) is 9.59 Å². The number of hydrogen-bond donors (Lipinski definition) is 1. The monoisotopic (exact) mass is 448 g/mol. The van der Waals surface area contributed by atoms with Crippen molar-refractivity contribution in [3.63, 3.8) is 0 Å². The van der Waals surface area contributed by atoms with Crippen molar-refractivity contribution >= 4 is 34.7 Å². The Morgan fingerprint density at radius 3 is 2.41 bits per heavy atom. The third-order valence-corrected chi connectivity index (χ3v) is 5.82. The van der Waals surface area contributed by atoms with Gasteiger partial charge in [0.15, 0.2) is 0 Å². The minimum absolute atomic E-state index is 0.00819. The number of Topliss-reactive ketones (excluding diaryl/α,β-unsaturated/α-hetero) is 1. The first-order valence-corrected chi connectivity index (χ1v) is 10.3. The van der Waals surface area contributed by atoms with Crippen LogP contribution in [0, 0.1) is 13.8 Å². The normalized spacial score (nSPS) is 17.6. The van der Waals surface area contributed by atoms with Gasteiger partial charge in [0.2, 0.25) is 0 Å². The fourth-order valence-corrected chi connectivity index (χ4v) is 4.12. The van der Waals surface area contributed by atoms with E-state index in [1.54, 1.807) is 75.0 Å². The van der Waals surface area contributed by atoms with Crippen LogP contribution in [0.2, 0.25) is 5.02 Å². The molecule has 0 bridgehead atoms. The molecule has 0 saturated carbocycles. The third kappa shape index (κ3) is 3.63. The standard InChI is InChI=1S/C25H21ClN2O4/c1-14-4-5-17(26)13-20(14)28-22(16-8-10-27-11-9-16)21(24(30)25(28)31)23(29)19-7-6-18(32-3)12-15(19)2/h4-13,22,29H,1-3H3/b23-21-. The number of ether oxygens (including phenoxy) is 1. The van der Waals surface area contributed by atoms with Crippen molar-refractivity contribution in [2.24, 2.45) is 0 Å². The highest BCUT2D eigenvalue weighted by Gasteiger charge is 2.47. The number of aliphatic hydroxyl groups excluding tert-OH is 1. The summed E-state index contributed by atoms with van der Waals surface area (Å²) in [4.78, 5) is 31.9. The number of pyridine rings is 1. The van der Waals surface area contributed by atoms with Crippen LogP contribution in [0.15, 0.2) is 66.5 Å². The Bertz CT molecular complexity index is 1250. The fourth-order valence-electron chi connectivity index (χ4n) is 3.96. The van der Waals surface area contributed by atoms with Gasteiger partial charge in [-0.05, 0) is 73.0 Å². The molecule has 6 nitrogen and oxygen atoms in total. The Hall–Kier alpha value is -3.64. The van der Waals surface area contributed by atoms with Crippen molar-refractivity contribution in [1.29, 1.82) is 0 Å². The van der Waals surface area contributed by atoms with Gasteiger partial charge in [-0.1, -0.05) is 17.7 Å². The van der Waals surface area contributed by atoms with E-state index in [0.29, 0.717) is 33.1 Å². The van der Waals surface area contributed by atoms with Crippen molar-refractivity contribution in [2.75, 3.05) is 12.0 Å². The summed E-state index contributed by atoms with van der Waals surface area (Å²) >= 11 is 6.21. The molecule has 32 heavy (non-hydrogen) atoms. The SMILES string of the molecule is COc1ccc(/C(O)=C2/C(=O)C(=O)N(c3cc(Cl)ccc3C)C2c2ccncc2)c(C)c1. The second kappa shape index (κ2) is 8.48. The first-order chi connectivity index (χ1) is 15.3. The van der Waals surface area contributed by atoms with Crippen molar-refractivity contribution in [1.82, 2.24) is 4.98 Å². The van der Waals surface area contributed by atoms with Gasteiger partial charge in [0.25, 0.3) is 11.7 Å². The number of aliphatic hydroxyl groups is 1. The molecule has 2 aromatic carbocycles. The second-order valence-corrected chi connectivity index (χ2v) is 8.00. The number of amides is 1. The number of hydrogen-bond acceptors (Lipinski definition) is 5. The molecule has 2 heterocycles. The number of aromatic nitrogens is 1. The lowest BCUT2D eigenvalue weighted by molar-refractivity contribution is -0.132. The van der Waals surface area contributed by atoms with E-state index in [1.165, 1.54) is 4.90 Å². The number of rotatable bonds is 4. The summed E-state index contributed by atoms with van der Waals surface area (Å²) in [6.07, 6.45) is 3.16. The van der Waals surface area contributed by atoms with Crippen LogP contribution in [0.25, 0.3) is 5.76 Å². The third-order valence-electron chi connectivity index (χ3n) is 5.59. The van der Waals surface area contributed by atoms with E-state index in [2.05, 4.69) is 4.98 Å². The van der Waals surface area contributed by atoms with Gasteiger partial charge in [-0.15, -0.1) is 0 Å². The maximum atomic E-state index is 13.2. The Morgan fingerprint density at radius 2 is 1.75 bits per heavy atom. The minimum atomic E-state index is -0.836. The molecule has 7 heteroatoms. The topological polar surface area (TPSA) is 79.7 Å². The van der Waals surface area contributed by atoms with Crippen LogP contribution in [-0.4, -0.2) is 28.9 Å². The highest BCUT2D eigenvalue weighted by Crippen LogP contribution is 2.43.